The lowest BCUT2D eigenvalue weighted by atomic mass is 10.2. The Bertz CT molecular complexity index is 287. The van der Waals surface area contributed by atoms with Crippen LogP contribution in [-0.4, -0.2) is 18.3 Å². The van der Waals surface area contributed by atoms with Crippen LogP contribution in [0.1, 0.15) is 5.56 Å². The number of hydrogen-bond donors (Lipinski definition) is 1. The quantitative estimate of drug-likeness (QED) is 0.801. The van der Waals surface area contributed by atoms with E-state index in [4.69, 9.17) is 23.2 Å². The highest BCUT2D eigenvalue weighted by molar-refractivity contribution is 7.14. The summed E-state index contributed by atoms with van der Waals surface area (Å²) >= 11 is 12.7. The molecule has 1 heterocycles. The van der Waals surface area contributed by atoms with Gasteiger partial charge in [-0.1, -0.05) is 11.6 Å². The molecule has 0 radical (unpaired) electrons. The van der Waals surface area contributed by atoms with Crippen LogP contribution in [0.5, 0.6) is 0 Å². The molecule has 0 atom stereocenters. The lowest BCUT2D eigenvalue weighted by Crippen LogP contribution is -2.26. The second kappa shape index (κ2) is 5.47. The molecule has 2 nitrogen and oxygen atoms in total. The predicted octanol–water partition coefficient (Wildman–Crippen LogP) is 2.30. The highest BCUT2D eigenvalue weighted by Gasteiger charge is 2.02. The molecule has 1 aromatic rings. The average molecular weight is 238 g/mol. The molecule has 0 aliphatic heterocycles. The van der Waals surface area contributed by atoms with E-state index in [-0.39, 0.29) is 11.8 Å². The maximum absolute atomic E-state index is 10.8. The highest BCUT2D eigenvalue weighted by atomic mass is 35.5. The number of carbonyl (C=O) groups excluding carboxylic acids is 1. The molecule has 0 aliphatic rings. The minimum Gasteiger partial charge on any atom is -0.355 e. The molecule has 0 aromatic carbocycles. The van der Waals surface area contributed by atoms with Crippen LogP contribution in [0, 0.1) is 0 Å². The Morgan fingerprint density at radius 2 is 2.38 bits per heavy atom. The second-order valence-electron chi connectivity index (χ2n) is 2.45. The van der Waals surface area contributed by atoms with Crippen molar-refractivity contribution in [2.24, 2.45) is 0 Å². The molecule has 5 heteroatoms. The van der Waals surface area contributed by atoms with Gasteiger partial charge in [0.2, 0.25) is 5.91 Å². The van der Waals surface area contributed by atoms with Gasteiger partial charge in [-0.3, -0.25) is 4.79 Å². The zero-order valence-electron chi connectivity index (χ0n) is 6.85. The van der Waals surface area contributed by atoms with Crippen LogP contribution in [0.4, 0.5) is 0 Å². The number of amides is 1. The van der Waals surface area contributed by atoms with E-state index >= 15 is 0 Å². The molecule has 0 bridgehead atoms. The molecule has 0 spiro atoms. The van der Waals surface area contributed by atoms with E-state index in [9.17, 15) is 4.79 Å². The normalized spacial score (nSPS) is 10.0. The first-order valence-electron chi connectivity index (χ1n) is 3.78. The van der Waals surface area contributed by atoms with Gasteiger partial charge in [-0.05, 0) is 23.4 Å². The maximum Gasteiger partial charge on any atom is 0.234 e. The van der Waals surface area contributed by atoms with Crippen molar-refractivity contribution < 1.29 is 4.79 Å². The lowest BCUT2D eigenvalue weighted by molar-refractivity contribution is -0.118. The minimum absolute atomic E-state index is 0.0113. The summed E-state index contributed by atoms with van der Waals surface area (Å²) in [5.74, 6) is -0.134. The standard InChI is InChI=1S/C8H9Cl2NOS/c9-5-7(12)11-3-1-6-2-4-13-8(6)10/h2,4H,1,3,5H2,(H,11,12). The third-order valence-electron chi connectivity index (χ3n) is 1.53. The summed E-state index contributed by atoms with van der Waals surface area (Å²) in [5, 5.41) is 4.60. The number of nitrogens with one attached hydrogen (secondary N) is 1. The number of halogens is 2. The minimum atomic E-state index is -0.145. The molecule has 0 saturated heterocycles. The fourth-order valence-corrected chi connectivity index (χ4v) is 1.96. The third kappa shape index (κ3) is 3.55. The van der Waals surface area contributed by atoms with Crippen LogP contribution >= 0.6 is 34.5 Å². The van der Waals surface area contributed by atoms with Crippen molar-refractivity contribution in [1.29, 1.82) is 0 Å². The van der Waals surface area contributed by atoms with E-state index in [0.717, 1.165) is 16.3 Å². The summed E-state index contributed by atoms with van der Waals surface area (Å²) in [6.45, 7) is 0.585. The van der Waals surface area contributed by atoms with Gasteiger partial charge in [0.05, 0.1) is 4.34 Å². The van der Waals surface area contributed by atoms with Crippen molar-refractivity contribution in [3.05, 3.63) is 21.3 Å². The lowest BCUT2D eigenvalue weighted by Gasteiger charge is -2.01. The monoisotopic (exact) mass is 237 g/mol. The van der Waals surface area contributed by atoms with Crippen LogP contribution < -0.4 is 5.32 Å². The zero-order chi connectivity index (χ0) is 9.68. The summed E-state index contributed by atoms with van der Waals surface area (Å²) in [7, 11) is 0. The van der Waals surface area contributed by atoms with Gasteiger partial charge in [0.1, 0.15) is 5.88 Å². The first-order chi connectivity index (χ1) is 6.24. The summed E-state index contributed by atoms with van der Waals surface area (Å²) in [5.41, 5.74) is 1.07. The number of alkyl halides is 1. The predicted molar refractivity (Wildman–Crippen MR) is 56.8 cm³/mol. The Morgan fingerprint density at radius 1 is 1.62 bits per heavy atom. The summed E-state index contributed by atoms with van der Waals surface area (Å²) < 4.78 is 0.792. The van der Waals surface area contributed by atoms with Crippen LogP contribution in [0.2, 0.25) is 4.34 Å². The fraction of sp³-hybridized carbons (Fsp3) is 0.375. The molecule has 0 unspecified atom stereocenters. The van der Waals surface area contributed by atoms with Crippen molar-refractivity contribution in [3.8, 4) is 0 Å². The van der Waals surface area contributed by atoms with Gasteiger partial charge in [-0.15, -0.1) is 22.9 Å². The Morgan fingerprint density at radius 3 is 2.92 bits per heavy atom. The van der Waals surface area contributed by atoms with Crippen LogP contribution in [-0.2, 0) is 11.2 Å². The van der Waals surface area contributed by atoms with E-state index in [1.165, 1.54) is 11.3 Å². The molecular weight excluding hydrogens is 229 g/mol. The van der Waals surface area contributed by atoms with E-state index in [1.807, 2.05) is 11.4 Å². The van der Waals surface area contributed by atoms with Gasteiger partial charge >= 0.3 is 0 Å². The van der Waals surface area contributed by atoms with Gasteiger partial charge in [-0.25, -0.2) is 0 Å². The van der Waals surface area contributed by atoms with Gasteiger partial charge < -0.3 is 5.32 Å². The number of rotatable bonds is 4. The van der Waals surface area contributed by atoms with Crippen LogP contribution in [0.25, 0.3) is 0 Å². The van der Waals surface area contributed by atoms with Gasteiger partial charge in [-0.2, -0.15) is 0 Å². The topological polar surface area (TPSA) is 29.1 Å². The first kappa shape index (κ1) is 10.8. The number of hydrogen-bond acceptors (Lipinski definition) is 2. The van der Waals surface area contributed by atoms with Crippen molar-refractivity contribution in [2.75, 3.05) is 12.4 Å². The molecule has 1 amide bonds. The van der Waals surface area contributed by atoms with E-state index in [1.54, 1.807) is 0 Å². The van der Waals surface area contributed by atoms with Gasteiger partial charge in [0.25, 0.3) is 0 Å². The third-order valence-corrected chi connectivity index (χ3v) is 3.03. The van der Waals surface area contributed by atoms with E-state index < -0.39 is 0 Å². The average Bonchev–Trinajstić information content (AvgIpc) is 2.52. The SMILES string of the molecule is O=C(CCl)NCCc1ccsc1Cl. The largest absolute Gasteiger partial charge is 0.355 e. The smallest absolute Gasteiger partial charge is 0.234 e. The number of carbonyl (C=O) groups is 1. The molecule has 1 aromatic heterocycles. The molecule has 72 valence electrons. The molecule has 1 N–H and O–H groups in total. The van der Waals surface area contributed by atoms with Crippen LogP contribution in [0.3, 0.4) is 0 Å². The molecule has 0 saturated carbocycles. The van der Waals surface area contributed by atoms with Gasteiger partial charge in [0.15, 0.2) is 0 Å². The van der Waals surface area contributed by atoms with Gasteiger partial charge in [0, 0.05) is 6.54 Å². The molecule has 0 aliphatic carbocycles. The molecule has 0 fully saturated rings. The first-order valence-corrected chi connectivity index (χ1v) is 5.58. The van der Waals surface area contributed by atoms with Crippen molar-refractivity contribution in [1.82, 2.24) is 5.32 Å². The number of thiophene rings is 1. The summed E-state index contributed by atoms with van der Waals surface area (Å²) in [6, 6.07) is 1.96. The van der Waals surface area contributed by atoms with E-state index in [2.05, 4.69) is 5.32 Å². The highest BCUT2D eigenvalue weighted by Crippen LogP contribution is 2.22. The Hall–Kier alpha value is -0.250. The molecule has 1 rings (SSSR count). The molecule has 13 heavy (non-hydrogen) atoms. The maximum atomic E-state index is 10.8. The van der Waals surface area contributed by atoms with E-state index in [0.29, 0.717) is 6.54 Å². The zero-order valence-corrected chi connectivity index (χ0v) is 9.18. The molecular formula is C8H9Cl2NOS. The Kier molecular flexibility index (Phi) is 4.56. The van der Waals surface area contributed by atoms with Crippen LogP contribution in [0.15, 0.2) is 11.4 Å². The Labute approximate surface area is 90.8 Å². The van der Waals surface area contributed by atoms with Crippen molar-refractivity contribution in [2.45, 2.75) is 6.42 Å². The van der Waals surface area contributed by atoms with Crippen molar-refractivity contribution in [3.63, 3.8) is 0 Å². The summed E-state index contributed by atoms with van der Waals surface area (Å²) in [6.07, 6.45) is 0.755. The Balaban J connectivity index is 2.28. The second-order valence-corrected chi connectivity index (χ2v) is 4.24. The van der Waals surface area contributed by atoms with Crippen molar-refractivity contribution >= 4 is 40.4 Å². The summed E-state index contributed by atoms with van der Waals surface area (Å²) in [4.78, 5) is 10.8. The fourth-order valence-electron chi connectivity index (χ4n) is 0.883.